The molecule has 3 rings (SSSR count). The zero-order valence-corrected chi connectivity index (χ0v) is 19.1. The molecular weight excluding hydrogens is 412 g/mol. The lowest BCUT2D eigenvalue weighted by Crippen LogP contribution is -2.40. The van der Waals surface area contributed by atoms with Gasteiger partial charge in [0, 0.05) is 37.2 Å². The number of nitrogens with zero attached hydrogens (tertiary/aromatic N) is 2. The highest BCUT2D eigenvalue weighted by Gasteiger charge is 2.30. The third-order valence-electron chi connectivity index (χ3n) is 5.63. The quantitative estimate of drug-likeness (QED) is 0.632. The van der Waals surface area contributed by atoms with Gasteiger partial charge in [-0.05, 0) is 68.5 Å². The van der Waals surface area contributed by atoms with E-state index in [2.05, 4.69) is 15.6 Å². The highest BCUT2D eigenvalue weighted by atomic mass is 32.2. The Hall–Kier alpha value is -2.45. The van der Waals surface area contributed by atoms with Crippen molar-refractivity contribution in [3.8, 4) is 0 Å². The minimum atomic E-state index is -3.59. The molecule has 168 valence electrons. The fourth-order valence-electron chi connectivity index (χ4n) is 3.92. The Morgan fingerprint density at radius 1 is 1.13 bits per heavy atom. The SMILES string of the molecule is CC(C)N(CC1CCCCC1)S(=O)(=O)c1ccc(NC(=O)NCc2cccnc2)cc1. The van der Waals surface area contributed by atoms with Gasteiger partial charge in [-0.15, -0.1) is 0 Å². The Bertz CT molecular complexity index is 941. The average Bonchev–Trinajstić information content (AvgIpc) is 2.77. The minimum Gasteiger partial charge on any atom is -0.334 e. The number of benzene rings is 1. The number of carbonyl (C=O) groups excluding carboxylic acids is 1. The van der Waals surface area contributed by atoms with Crippen LogP contribution >= 0.6 is 0 Å². The molecule has 2 aromatic rings. The Morgan fingerprint density at radius 3 is 2.45 bits per heavy atom. The number of sulfonamides is 1. The molecule has 31 heavy (non-hydrogen) atoms. The molecule has 1 aromatic heterocycles. The summed E-state index contributed by atoms with van der Waals surface area (Å²) in [5, 5.41) is 5.48. The first-order chi connectivity index (χ1) is 14.9. The van der Waals surface area contributed by atoms with Crippen LogP contribution in [0.2, 0.25) is 0 Å². The van der Waals surface area contributed by atoms with Crippen LogP contribution in [-0.4, -0.2) is 36.3 Å². The predicted octanol–water partition coefficient (Wildman–Crippen LogP) is 4.38. The number of rotatable bonds is 8. The summed E-state index contributed by atoms with van der Waals surface area (Å²) in [6.07, 6.45) is 9.16. The lowest BCUT2D eigenvalue weighted by Gasteiger charge is -2.31. The number of hydrogen-bond acceptors (Lipinski definition) is 4. The van der Waals surface area contributed by atoms with E-state index >= 15 is 0 Å². The van der Waals surface area contributed by atoms with Gasteiger partial charge in [-0.2, -0.15) is 4.31 Å². The van der Waals surface area contributed by atoms with Crippen molar-refractivity contribution in [2.24, 2.45) is 5.92 Å². The molecular formula is C23H32N4O3S. The summed E-state index contributed by atoms with van der Waals surface area (Å²) in [4.78, 5) is 16.4. The topological polar surface area (TPSA) is 91.4 Å². The van der Waals surface area contributed by atoms with E-state index in [9.17, 15) is 13.2 Å². The van der Waals surface area contributed by atoms with E-state index in [0.29, 0.717) is 24.7 Å². The smallest absolute Gasteiger partial charge is 0.319 e. The van der Waals surface area contributed by atoms with Gasteiger partial charge in [-0.3, -0.25) is 4.98 Å². The van der Waals surface area contributed by atoms with Gasteiger partial charge >= 0.3 is 6.03 Å². The first kappa shape index (κ1) is 23.2. The van der Waals surface area contributed by atoms with E-state index < -0.39 is 10.0 Å². The molecule has 0 saturated heterocycles. The molecule has 2 N–H and O–H groups in total. The van der Waals surface area contributed by atoms with Crippen molar-refractivity contribution in [3.05, 3.63) is 54.4 Å². The van der Waals surface area contributed by atoms with Crippen LogP contribution in [0.4, 0.5) is 10.5 Å². The summed E-state index contributed by atoms with van der Waals surface area (Å²) in [6.45, 7) is 4.76. The van der Waals surface area contributed by atoms with E-state index in [0.717, 1.165) is 18.4 Å². The average molecular weight is 445 g/mol. The van der Waals surface area contributed by atoms with Crippen molar-refractivity contribution >= 4 is 21.7 Å². The first-order valence-electron chi connectivity index (χ1n) is 10.9. The minimum absolute atomic E-state index is 0.108. The highest BCUT2D eigenvalue weighted by molar-refractivity contribution is 7.89. The largest absolute Gasteiger partial charge is 0.334 e. The monoisotopic (exact) mass is 444 g/mol. The number of aromatic nitrogens is 1. The van der Waals surface area contributed by atoms with E-state index in [1.807, 2.05) is 26.0 Å². The molecule has 1 aromatic carbocycles. The lowest BCUT2D eigenvalue weighted by molar-refractivity contribution is 0.251. The molecule has 1 saturated carbocycles. The van der Waals surface area contributed by atoms with Crippen LogP contribution in [0.5, 0.6) is 0 Å². The van der Waals surface area contributed by atoms with Crippen molar-refractivity contribution in [2.75, 3.05) is 11.9 Å². The maximum Gasteiger partial charge on any atom is 0.319 e. The summed E-state index contributed by atoms with van der Waals surface area (Å²) in [7, 11) is -3.59. The Balaban J connectivity index is 1.62. The van der Waals surface area contributed by atoms with Gasteiger partial charge in [0.25, 0.3) is 0 Å². The van der Waals surface area contributed by atoms with E-state index in [1.165, 1.54) is 19.3 Å². The second kappa shape index (κ2) is 10.7. The molecule has 0 bridgehead atoms. The molecule has 0 aliphatic heterocycles. The third-order valence-corrected chi connectivity index (χ3v) is 7.69. The van der Waals surface area contributed by atoms with Gasteiger partial charge in [-0.1, -0.05) is 25.3 Å². The van der Waals surface area contributed by atoms with E-state index in [1.54, 1.807) is 41.0 Å². The Kier molecular flexibility index (Phi) is 8.03. The summed E-state index contributed by atoms with van der Waals surface area (Å²) in [6, 6.07) is 9.57. The number of pyridine rings is 1. The molecule has 0 radical (unpaired) electrons. The standard InChI is InChI=1S/C23H32N4O3S/c1-18(2)27(17-19-7-4-3-5-8-19)31(29,30)22-12-10-21(11-13-22)26-23(28)25-16-20-9-6-14-24-15-20/h6,9-15,18-19H,3-5,7-8,16-17H2,1-2H3,(H2,25,26,28). The molecule has 0 atom stereocenters. The Labute approximate surface area is 185 Å². The van der Waals surface area contributed by atoms with Crippen molar-refractivity contribution in [3.63, 3.8) is 0 Å². The predicted molar refractivity (Wildman–Crippen MR) is 122 cm³/mol. The molecule has 2 amide bonds. The van der Waals surface area contributed by atoms with Crippen LogP contribution in [0.1, 0.15) is 51.5 Å². The fraction of sp³-hybridized carbons (Fsp3) is 0.478. The first-order valence-corrected chi connectivity index (χ1v) is 12.4. The van der Waals surface area contributed by atoms with E-state index in [-0.39, 0.29) is 17.0 Å². The molecule has 1 heterocycles. The van der Waals surface area contributed by atoms with Gasteiger partial charge in [-0.25, -0.2) is 13.2 Å². The zero-order chi connectivity index (χ0) is 22.3. The maximum absolute atomic E-state index is 13.3. The van der Waals surface area contributed by atoms with Gasteiger partial charge in [0.05, 0.1) is 4.90 Å². The molecule has 1 aliphatic carbocycles. The summed E-state index contributed by atoms with van der Waals surface area (Å²) < 4.78 is 28.1. The number of urea groups is 1. The summed E-state index contributed by atoms with van der Waals surface area (Å²) in [5.41, 5.74) is 1.43. The number of carbonyl (C=O) groups is 1. The normalized spacial score (nSPS) is 15.2. The van der Waals surface area contributed by atoms with Crippen LogP contribution in [0.3, 0.4) is 0 Å². The molecule has 7 nitrogen and oxygen atoms in total. The van der Waals surface area contributed by atoms with Crippen molar-refractivity contribution in [1.82, 2.24) is 14.6 Å². The second-order valence-electron chi connectivity index (χ2n) is 8.37. The Morgan fingerprint density at radius 2 is 1.84 bits per heavy atom. The fourth-order valence-corrected chi connectivity index (χ4v) is 5.63. The number of amides is 2. The van der Waals surface area contributed by atoms with Crippen molar-refractivity contribution in [2.45, 2.75) is 63.4 Å². The van der Waals surface area contributed by atoms with Crippen LogP contribution in [0.25, 0.3) is 0 Å². The van der Waals surface area contributed by atoms with Crippen LogP contribution in [0.15, 0.2) is 53.7 Å². The third kappa shape index (κ3) is 6.51. The van der Waals surface area contributed by atoms with Gasteiger partial charge in [0.2, 0.25) is 10.0 Å². The van der Waals surface area contributed by atoms with Crippen molar-refractivity contribution in [1.29, 1.82) is 0 Å². The van der Waals surface area contributed by atoms with Crippen molar-refractivity contribution < 1.29 is 13.2 Å². The summed E-state index contributed by atoms with van der Waals surface area (Å²) >= 11 is 0. The number of nitrogens with one attached hydrogen (secondary N) is 2. The second-order valence-corrected chi connectivity index (χ2v) is 10.3. The molecule has 0 spiro atoms. The van der Waals surface area contributed by atoms with Crippen LogP contribution < -0.4 is 10.6 Å². The molecule has 0 unspecified atom stereocenters. The number of hydrogen-bond donors (Lipinski definition) is 2. The zero-order valence-electron chi connectivity index (χ0n) is 18.3. The van der Waals surface area contributed by atoms with Crippen LogP contribution in [-0.2, 0) is 16.6 Å². The van der Waals surface area contributed by atoms with Gasteiger partial charge < -0.3 is 10.6 Å². The highest BCUT2D eigenvalue weighted by Crippen LogP contribution is 2.28. The summed E-state index contributed by atoms with van der Waals surface area (Å²) in [5.74, 6) is 0.426. The van der Waals surface area contributed by atoms with Crippen LogP contribution in [0, 0.1) is 5.92 Å². The number of anilines is 1. The van der Waals surface area contributed by atoms with E-state index in [4.69, 9.17) is 0 Å². The van der Waals surface area contributed by atoms with Gasteiger partial charge in [0.15, 0.2) is 0 Å². The molecule has 8 heteroatoms. The maximum atomic E-state index is 13.3. The van der Waals surface area contributed by atoms with Gasteiger partial charge in [0.1, 0.15) is 0 Å². The molecule has 1 aliphatic rings. The lowest BCUT2D eigenvalue weighted by atomic mass is 9.89. The molecule has 1 fully saturated rings.